The zero-order chi connectivity index (χ0) is 14.0. The van der Waals surface area contributed by atoms with Crippen molar-refractivity contribution in [2.24, 2.45) is 18.9 Å². The largest absolute Gasteiger partial charge is 0.308 e. The Morgan fingerprint density at radius 2 is 2.11 bits per heavy atom. The lowest BCUT2D eigenvalue weighted by molar-refractivity contribution is 0.342. The minimum atomic E-state index is 0.664. The topological polar surface area (TPSA) is 29.9 Å². The molecular formula is C15H26BrN3. The highest BCUT2D eigenvalue weighted by atomic mass is 79.9. The number of aromatic nitrogens is 2. The standard InChI is InChI=1S/C15H26BrN3/c1-5-11-7-8-13(10(11)3)17-9-14-15(16)12(6-2)18-19(14)4/h10-11,13,17H,5-9H2,1-4H3. The summed E-state index contributed by atoms with van der Waals surface area (Å²) in [5.41, 5.74) is 2.43. The molecule has 4 heteroatoms. The van der Waals surface area contributed by atoms with Crippen molar-refractivity contribution in [3.05, 3.63) is 15.9 Å². The number of rotatable bonds is 5. The molecule has 1 aliphatic rings. The molecule has 0 aromatic carbocycles. The second kappa shape index (κ2) is 6.40. The Morgan fingerprint density at radius 1 is 1.37 bits per heavy atom. The van der Waals surface area contributed by atoms with Crippen LogP contribution in [0.1, 0.15) is 51.4 Å². The first kappa shape index (κ1) is 15.0. The molecule has 2 rings (SSSR count). The molecule has 0 spiro atoms. The molecular weight excluding hydrogens is 302 g/mol. The first-order chi connectivity index (χ1) is 9.08. The van der Waals surface area contributed by atoms with Gasteiger partial charge in [-0.2, -0.15) is 5.10 Å². The molecule has 1 fully saturated rings. The molecule has 19 heavy (non-hydrogen) atoms. The van der Waals surface area contributed by atoms with Crippen LogP contribution in [0.4, 0.5) is 0 Å². The number of hydrogen-bond acceptors (Lipinski definition) is 2. The van der Waals surface area contributed by atoms with E-state index in [9.17, 15) is 0 Å². The van der Waals surface area contributed by atoms with Crippen molar-refractivity contribution >= 4 is 15.9 Å². The average Bonchev–Trinajstić information content (AvgIpc) is 2.88. The maximum absolute atomic E-state index is 4.55. The molecule has 1 aromatic rings. The van der Waals surface area contributed by atoms with Crippen LogP contribution in [0.2, 0.25) is 0 Å². The van der Waals surface area contributed by atoms with Gasteiger partial charge in [-0.3, -0.25) is 4.68 Å². The number of halogens is 1. The Labute approximate surface area is 125 Å². The molecule has 1 aliphatic carbocycles. The summed E-state index contributed by atoms with van der Waals surface area (Å²) >= 11 is 3.69. The normalized spacial score (nSPS) is 27.1. The van der Waals surface area contributed by atoms with Gasteiger partial charge in [-0.15, -0.1) is 0 Å². The second-order valence-electron chi connectivity index (χ2n) is 5.78. The monoisotopic (exact) mass is 327 g/mol. The van der Waals surface area contributed by atoms with E-state index in [1.807, 2.05) is 11.7 Å². The predicted molar refractivity (Wildman–Crippen MR) is 83.1 cm³/mol. The predicted octanol–water partition coefficient (Wildman–Crippen LogP) is 3.66. The lowest BCUT2D eigenvalue weighted by atomic mass is 9.93. The van der Waals surface area contributed by atoms with Crippen molar-refractivity contribution < 1.29 is 0 Å². The van der Waals surface area contributed by atoms with Crippen molar-refractivity contribution in [1.82, 2.24) is 15.1 Å². The van der Waals surface area contributed by atoms with Gasteiger partial charge in [0.2, 0.25) is 0 Å². The SMILES string of the molecule is CCc1nn(C)c(CNC2CCC(CC)C2C)c1Br. The van der Waals surface area contributed by atoms with Crippen LogP contribution < -0.4 is 5.32 Å². The highest BCUT2D eigenvalue weighted by Crippen LogP contribution is 2.34. The van der Waals surface area contributed by atoms with Gasteiger partial charge < -0.3 is 5.32 Å². The lowest BCUT2D eigenvalue weighted by Gasteiger charge is -2.21. The zero-order valence-electron chi connectivity index (χ0n) is 12.5. The molecule has 0 aliphatic heterocycles. The van der Waals surface area contributed by atoms with E-state index >= 15 is 0 Å². The van der Waals surface area contributed by atoms with E-state index in [1.165, 1.54) is 29.4 Å². The third-order valence-corrected chi connectivity index (χ3v) is 5.70. The second-order valence-corrected chi connectivity index (χ2v) is 6.57. The van der Waals surface area contributed by atoms with Gasteiger partial charge in [0.05, 0.1) is 15.9 Å². The Hall–Kier alpha value is -0.350. The van der Waals surface area contributed by atoms with Crippen molar-refractivity contribution in [2.45, 2.75) is 59.0 Å². The lowest BCUT2D eigenvalue weighted by Crippen LogP contribution is -2.32. The van der Waals surface area contributed by atoms with E-state index in [4.69, 9.17) is 0 Å². The van der Waals surface area contributed by atoms with Gasteiger partial charge in [-0.1, -0.05) is 27.2 Å². The first-order valence-corrected chi connectivity index (χ1v) is 8.31. The molecule has 3 atom stereocenters. The van der Waals surface area contributed by atoms with Gasteiger partial charge in [0, 0.05) is 19.6 Å². The van der Waals surface area contributed by atoms with Crippen LogP contribution in [0, 0.1) is 11.8 Å². The minimum absolute atomic E-state index is 0.664. The van der Waals surface area contributed by atoms with E-state index in [1.54, 1.807) is 0 Å². The quantitative estimate of drug-likeness (QED) is 0.894. The smallest absolute Gasteiger partial charge is 0.0767 e. The Balaban J connectivity index is 1.98. The molecule has 1 saturated carbocycles. The van der Waals surface area contributed by atoms with Crippen molar-refractivity contribution in [3.63, 3.8) is 0 Å². The van der Waals surface area contributed by atoms with Crippen LogP contribution in [-0.2, 0) is 20.0 Å². The fourth-order valence-corrected chi connectivity index (χ4v) is 4.11. The number of nitrogens with one attached hydrogen (secondary N) is 1. The third-order valence-electron chi connectivity index (χ3n) is 4.79. The first-order valence-electron chi connectivity index (χ1n) is 7.52. The van der Waals surface area contributed by atoms with E-state index < -0.39 is 0 Å². The van der Waals surface area contributed by atoms with Gasteiger partial charge in [0.1, 0.15) is 0 Å². The van der Waals surface area contributed by atoms with Crippen molar-refractivity contribution in [2.75, 3.05) is 0 Å². The molecule has 3 nitrogen and oxygen atoms in total. The van der Waals surface area contributed by atoms with E-state index in [0.717, 1.165) is 30.5 Å². The molecule has 108 valence electrons. The van der Waals surface area contributed by atoms with Gasteiger partial charge in [-0.05, 0) is 47.0 Å². The highest BCUT2D eigenvalue weighted by molar-refractivity contribution is 9.10. The Kier molecular flexibility index (Phi) is 5.07. The number of aryl methyl sites for hydroxylation is 2. The highest BCUT2D eigenvalue weighted by Gasteiger charge is 2.31. The minimum Gasteiger partial charge on any atom is -0.308 e. The van der Waals surface area contributed by atoms with Gasteiger partial charge in [0.15, 0.2) is 0 Å². The van der Waals surface area contributed by atoms with Gasteiger partial charge in [0.25, 0.3) is 0 Å². The van der Waals surface area contributed by atoms with Crippen LogP contribution in [0.3, 0.4) is 0 Å². The maximum atomic E-state index is 4.55. The fourth-order valence-electron chi connectivity index (χ4n) is 3.35. The summed E-state index contributed by atoms with van der Waals surface area (Å²) in [6.07, 6.45) is 4.98. The van der Waals surface area contributed by atoms with Gasteiger partial charge in [-0.25, -0.2) is 0 Å². The maximum Gasteiger partial charge on any atom is 0.0767 e. The summed E-state index contributed by atoms with van der Waals surface area (Å²) in [6.45, 7) is 7.77. The van der Waals surface area contributed by atoms with E-state index in [2.05, 4.69) is 47.1 Å². The molecule has 3 unspecified atom stereocenters. The summed E-state index contributed by atoms with van der Waals surface area (Å²) in [6, 6.07) is 0.664. The van der Waals surface area contributed by atoms with Crippen LogP contribution >= 0.6 is 15.9 Å². The van der Waals surface area contributed by atoms with Gasteiger partial charge >= 0.3 is 0 Å². The summed E-state index contributed by atoms with van der Waals surface area (Å²) in [7, 11) is 2.04. The van der Waals surface area contributed by atoms with Crippen molar-refractivity contribution in [1.29, 1.82) is 0 Å². The summed E-state index contributed by atoms with van der Waals surface area (Å²) in [5.74, 6) is 1.70. The summed E-state index contributed by atoms with van der Waals surface area (Å²) in [5, 5.41) is 8.29. The molecule has 1 N–H and O–H groups in total. The Bertz CT molecular complexity index is 427. The molecule has 0 radical (unpaired) electrons. The van der Waals surface area contributed by atoms with Crippen LogP contribution in [0.25, 0.3) is 0 Å². The summed E-state index contributed by atoms with van der Waals surface area (Å²) in [4.78, 5) is 0. The molecule has 1 heterocycles. The van der Waals surface area contributed by atoms with E-state index in [-0.39, 0.29) is 0 Å². The Morgan fingerprint density at radius 3 is 2.63 bits per heavy atom. The van der Waals surface area contributed by atoms with Crippen LogP contribution in [0.5, 0.6) is 0 Å². The fraction of sp³-hybridized carbons (Fsp3) is 0.800. The number of hydrogen-bond donors (Lipinski definition) is 1. The average molecular weight is 328 g/mol. The molecule has 0 saturated heterocycles. The number of nitrogens with zero attached hydrogens (tertiary/aromatic N) is 2. The third kappa shape index (κ3) is 3.05. The van der Waals surface area contributed by atoms with E-state index in [0.29, 0.717) is 6.04 Å². The van der Waals surface area contributed by atoms with Crippen LogP contribution in [0.15, 0.2) is 4.47 Å². The molecule has 0 amide bonds. The summed E-state index contributed by atoms with van der Waals surface area (Å²) < 4.78 is 3.19. The van der Waals surface area contributed by atoms with Crippen LogP contribution in [-0.4, -0.2) is 15.8 Å². The molecule has 0 bridgehead atoms. The van der Waals surface area contributed by atoms with Crippen molar-refractivity contribution in [3.8, 4) is 0 Å². The zero-order valence-corrected chi connectivity index (χ0v) is 14.1. The molecule has 1 aromatic heterocycles.